The summed E-state index contributed by atoms with van der Waals surface area (Å²) < 4.78 is 0. The maximum absolute atomic E-state index is 11.7. The molecule has 110 valence electrons. The van der Waals surface area contributed by atoms with E-state index in [4.69, 9.17) is 0 Å². The maximum atomic E-state index is 11.7. The van der Waals surface area contributed by atoms with Gasteiger partial charge in [0.05, 0.1) is 5.75 Å². The molecule has 1 aromatic carbocycles. The van der Waals surface area contributed by atoms with Crippen molar-refractivity contribution in [2.75, 3.05) is 18.8 Å². The summed E-state index contributed by atoms with van der Waals surface area (Å²) in [4.78, 5) is 22.6. The molecule has 0 aliphatic rings. The monoisotopic (exact) mass is 294 g/mol. The van der Waals surface area contributed by atoms with Gasteiger partial charge in [0.1, 0.15) is 0 Å². The van der Waals surface area contributed by atoms with Crippen molar-refractivity contribution >= 4 is 24.4 Å². The minimum atomic E-state index is -0.0246. The Morgan fingerprint density at radius 1 is 0.900 bits per heavy atom. The first-order chi connectivity index (χ1) is 9.74. The standard InChI is InChI=1S/C15H22N2O2S/c18-14(12-20)16-10-6-1-2-7-11-17-15(19)13-8-4-3-5-9-13/h3-5,8-9,20H,1-2,6-7,10-12H2,(H,16,18)(H,17,19). The van der Waals surface area contributed by atoms with E-state index in [1.165, 1.54) is 0 Å². The first-order valence-electron chi connectivity index (χ1n) is 6.95. The third kappa shape index (κ3) is 7.19. The van der Waals surface area contributed by atoms with Crippen LogP contribution in [-0.4, -0.2) is 30.7 Å². The van der Waals surface area contributed by atoms with Crippen LogP contribution in [0.1, 0.15) is 36.0 Å². The number of thiol groups is 1. The second kappa shape index (κ2) is 10.3. The molecule has 20 heavy (non-hydrogen) atoms. The van der Waals surface area contributed by atoms with Crippen molar-refractivity contribution in [1.82, 2.24) is 10.6 Å². The molecule has 0 bridgehead atoms. The van der Waals surface area contributed by atoms with Crippen molar-refractivity contribution in [3.63, 3.8) is 0 Å². The molecule has 0 aromatic heterocycles. The SMILES string of the molecule is O=C(CS)NCCCCCCNC(=O)c1ccccc1. The highest BCUT2D eigenvalue weighted by molar-refractivity contribution is 7.81. The fourth-order valence-corrected chi connectivity index (χ4v) is 1.89. The maximum Gasteiger partial charge on any atom is 0.251 e. The molecule has 5 heteroatoms. The molecular formula is C15H22N2O2S. The minimum Gasteiger partial charge on any atom is -0.355 e. The van der Waals surface area contributed by atoms with Gasteiger partial charge in [-0.15, -0.1) is 0 Å². The largest absolute Gasteiger partial charge is 0.355 e. The van der Waals surface area contributed by atoms with Gasteiger partial charge in [0.2, 0.25) is 5.91 Å². The summed E-state index contributed by atoms with van der Waals surface area (Å²) in [7, 11) is 0. The quantitative estimate of drug-likeness (QED) is 0.482. The Kier molecular flexibility index (Phi) is 8.54. The lowest BCUT2D eigenvalue weighted by Crippen LogP contribution is -2.25. The number of amides is 2. The third-order valence-corrected chi connectivity index (χ3v) is 3.18. The van der Waals surface area contributed by atoms with Gasteiger partial charge < -0.3 is 10.6 Å². The molecule has 1 rings (SSSR count). The number of rotatable bonds is 9. The summed E-state index contributed by atoms with van der Waals surface area (Å²) in [5, 5.41) is 5.68. The highest BCUT2D eigenvalue weighted by Gasteiger charge is 2.02. The average Bonchev–Trinajstić information content (AvgIpc) is 2.50. The van der Waals surface area contributed by atoms with E-state index in [1.54, 1.807) is 12.1 Å². The fourth-order valence-electron chi connectivity index (χ4n) is 1.78. The molecule has 1 aromatic rings. The highest BCUT2D eigenvalue weighted by atomic mass is 32.1. The number of hydrogen-bond donors (Lipinski definition) is 3. The molecule has 0 heterocycles. The molecule has 2 N–H and O–H groups in total. The summed E-state index contributed by atoms with van der Waals surface area (Å²) in [6.07, 6.45) is 4.02. The zero-order valence-electron chi connectivity index (χ0n) is 11.6. The Morgan fingerprint density at radius 3 is 2.10 bits per heavy atom. The number of carbonyl (C=O) groups is 2. The second-order valence-electron chi connectivity index (χ2n) is 4.54. The molecule has 0 saturated heterocycles. The second-order valence-corrected chi connectivity index (χ2v) is 4.86. The van der Waals surface area contributed by atoms with E-state index in [-0.39, 0.29) is 17.6 Å². The van der Waals surface area contributed by atoms with E-state index in [2.05, 4.69) is 23.3 Å². The Balaban J connectivity index is 1.97. The fraction of sp³-hybridized carbons (Fsp3) is 0.467. The Bertz CT molecular complexity index is 410. The van der Waals surface area contributed by atoms with Crippen LogP contribution in [0, 0.1) is 0 Å². The van der Waals surface area contributed by atoms with E-state index in [0.29, 0.717) is 18.7 Å². The van der Waals surface area contributed by atoms with Crippen LogP contribution in [-0.2, 0) is 4.79 Å². The van der Waals surface area contributed by atoms with Crippen LogP contribution in [0.25, 0.3) is 0 Å². The average molecular weight is 294 g/mol. The van der Waals surface area contributed by atoms with E-state index in [1.807, 2.05) is 18.2 Å². The van der Waals surface area contributed by atoms with Crippen LogP contribution < -0.4 is 10.6 Å². The predicted molar refractivity (Wildman–Crippen MR) is 84.1 cm³/mol. The molecule has 0 unspecified atom stereocenters. The smallest absolute Gasteiger partial charge is 0.251 e. The number of nitrogens with one attached hydrogen (secondary N) is 2. The molecule has 0 spiro atoms. The van der Waals surface area contributed by atoms with Crippen LogP contribution >= 0.6 is 12.6 Å². The molecule has 0 fully saturated rings. The zero-order chi connectivity index (χ0) is 14.6. The van der Waals surface area contributed by atoms with Crippen molar-refractivity contribution < 1.29 is 9.59 Å². The van der Waals surface area contributed by atoms with Crippen LogP contribution in [0.3, 0.4) is 0 Å². The van der Waals surface area contributed by atoms with Gasteiger partial charge >= 0.3 is 0 Å². The molecular weight excluding hydrogens is 272 g/mol. The normalized spacial score (nSPS) is 10.1. The summed E-state index contributed by atoms with van der Waals surface area (Å²) in [6, 6.07) is 9.21. The topological polar surface area (TPSA) is 58.2 Å². The zero-order valence-corrected chi connectivity index (χ0v) is 12.5. The van der Waals surface area contributed by atoms with Crippen LogP contribution in [0.5, 0.6) is 0 Å². The Hall–Kier alpha value is -1.49. The van der Waals surface area contributed by atoms with Gasteiger partial charge in [-0.2, -0.15) is 12.6 Å². The van der Waals surface area contributed by atoms with Gasteiger partial charge in [0, 0.05) is 18.7 Å². The van der Waals surface area contributed by atoms with E-state index < -0.39 is 0 Å². The van der Waals surface area contributed by atoms with E-state index in [0.717, 1.165) is 25.7 Å². The van der Waals surface area contributed by atoms with Crippen LogP contribution in [0.2, 0.25) is 0 Å². The highest BCUT2D eigenvalue weighted by Crippen LogP contribution is 2.00. The van der Waals surface area contributed by atoms with Gasteiger partial charge in [0.25, 0.3) is 5.91 Å². The summed E-state index contributed by atoms with van der Waals surface area (Å²) in [6.45, 7) is 1.40. The molecule has 2 amide bonds. The van der Waals surface area contributed by atoms with Gasteiger partial charge in [-0.3, -0.25) is 9.59 Å². The first-order valence-corrected chi connectivity index (χ1v) is 7.58. The number of hydrogen-bond acceptors (Lipinski definition) is 3. The van der Waals surface area contributed by atoms with Crippen molar-refractivity contribution in [2.24, 2.45) is 0 Å². The lowest BCUT2D eigenvalue weighted by Gasteiger charge is -2.05. The predicted octanol–water partition coefficient (Wildman–Crippen LogP) is 2.02. The molecule has 4 nitrogen and oxygen atoms in total. The van der Waals surface area contributed by atoms with E-state index >= 15 is 0 Å². The third-order valence-electron chi connectivity index (χ3n) is 2.89. The van der Waals surface area contributed by atoms with Gasteiger partial charge in [-0.1, -0.05) is 31.0 Å². The molecule has 0 radical (unpaired) electrons. The first kappa shape index (κ1) is 16.6. The van der Waals surface area contributed by atoms with Crippen LogP contribution in [0.4, 0.5) is 0 Å². The van der Waals surface area contributed by atoms with E-state index in [9.17, 15) is 9.59 Å². The Labute approximate surface area is 125 Å². The molecule has 0 aliphatic carbocycles. The summed E-state index contributed by atoms with van der Waals surface area (Å²) >= 11 is 3.88. The number of unbranched alkanes of at least 4 members (excludes halogenated alkanes) is 3. The minimum absolute atomic E-state index is 0.0216. The molecule has 0 aliphatic heterocycles. The van der Waals surface area contributed by atoms with Gasteiger partial charge in [0.15, 0.2) is 0 Å². The van der Waals surface area contributed by atoms with Crippen molar-refractivity contribution in [2.45, 2.75) is 25.7 Å². The van der Waals surface area contributed by atoms with Crippen molar-refractivity contribution in [3.8, 4) is 0 Å². The van der Waals surface area contributed by atoms with Crippen molar-refractivity contribution in [1.29, 1.82) is 0 Å². The molecule has 0 atom stereocenters. The molecule has 0 saturated carbocycles. The van der Waals surface area contributed by atoms with Gasteiger partial charge in [-0.25, -0.2) is 0 Å². The Morgan fingerprint density at radius 2 is 1.50 bits per heavy atom. The summed E-state index contributed by atoms with van der Waals surface area (Å²) in [5.74, 6) is 0.195. The lowest BCUT2D eigenvalue weighted by molar-refractivity contribution is -0.118. The lowest BCUT2D eigenvalue weighted by atomic mass is 10.2. The number of benzene rings is 1. The van der Waals surface area contributed by atoms with Crippen molar-refractivity contribution in [3.05, 3.63) is 35.9 Å². The number of carbonyl (C=O) groups excluding carboxylic acids is 2. The van der Waals surface area contributed by atoms with Gasteiger partial charge in [-0.05, 0) is 25.0 Å². The van der Waals surface area contributed by atoms with Crippen LogP contribution in [0.15, 0.2) is 30.3 Å². The summed E-state index contributed by atoms with van der Waals surface area (Å²) in [5.41, 5.74) is 0.696.